The fourth-order valence-electron chi connectivity index (χ4n) is 2.31. The van der Waals surface area contributed by atoms with Crippen molar-refractivity contribution in [3.63, 3.8) is 0 Å². The number of ether oxygens (including phenoxy) is 2. The second-order valence-electron chi connectivity index (χ2n) is 5.36. The van der Waals surface area contributed by atoms with E-state index in [-0.39, 0.29) is 17.9 Å². The smallest absolute Gasteiger partial charge is 0.344 e. The highest BCUT2D eigenvalue weighted by Crippen LogP contribution is 2.22. The predicted molar refractivity (Wildman–Crippen MR) is 101 cm³/mol. The van der Waals surface area contributed by atoms with Gasteiger partial charge < -0.3 is 9.47 Å². The van der Waals surface area contributed by atoms with Crippen LogP contribution in [0.15, 0.2) is 65.2 Å². The minimum Gasteiger partial charge on any atom is -0.485 e. The van der Waals surface area contributed by atoms with E-state index in [9.17, 15) is 14.0 Å². The van der Waals surface area contributed by atoms with E-state index < -0.39 is 24.2 Å². The standard InChI is InChI=1S/C21H20FNO4/c1-3-23-20(15-8-6-5-7-9-15)19(21(25)26-4-2)18(24)14-27-17-12-10-16(22)11-13-17/h3,5-13H,4,14H2,1-2H3/b20-19+,23-3?. The summed E-state index contributed by atoms with van der Waals surface area (Å²) in [6.07, 6.45) is 1.50. The van der Waals surface area contributed by atoms with Crippen molar-refractivity contribution < 1.29 is 23.5 Å². The molecule has 0 saturated heterocycles. The van der Waals surface area contributed by atoms with Gasteiger partial charge in [0.15, 0.2) is 6.61 Å². The molecule has 0 radical (unpaired) electrons. The van der Waals surface area contributed by atoms with E-state index in [0.29, 0.717) is 11.3 Å². The Morgan fingerprint density at radius 3 is 2.33 bits per heavy atom. The summed E-state index contributed by atoms with van der Waals surface area (Å²) in [5.41, 5.74) is 0.626. The Morgan fingerprint density at radius 1 is 1.07 bits per heavy atom. The Labute approximate surface area is 157 Å². The normalized spacial score (nSPS) is 11.8. The van der Waals surface area contributed by atoms with Crippen LogP contribution in [0.5, 0.6) is 5.75 Å². The number of carbonyl (C=O) groups is 2. The lowest BCUT2D eigenvalue weighted by molar-refractivity contribution is -0.140. The topological polar surface area (TPSA) is 65.0 Å². The molecule has 0 atom stereocenters. The van der Waals surface area contributed by atoms with Gasteiger partial charge in [0.1, 0.15) is 17.1 Å². The Hall–Kier alpha value is -3.28. The van der Waals surface area contributed by atoms with Crippen LogP contribution in [0.25, 0.3) is 5.70 Å². The Kier molecular flexibility index (Phi) is 7.43. The van der Waals surface area contributed by atoms with Crippen LogP contribution in [0.4, 0.5) is 4.39 Å². The highest BCUT2D eigenvalue weighted by molar-refractivity contribution is 6.23. The minimum atomic E-state index is -0.769. The monoisotopic (exact) mass is 369 g/mol. The van der Waals surface area contributed by atoms with Crippen LogP contribution in [-0.4, -0.2) is 31.2 Å². The summed E-state index contributed by atoms with van der Waals surface area (Å²) in [5.74, 6) is -1.45. The van der Waals surface area contributed by atoms with Crippen molar-refractivity contribution in [1.29, 1.82) is 0 Å². The number of halogens is 1. The van der Waals surface area contributed by atoms with Gasteiger partial charge in [-0.1, -0.05) is 30.3 Å². The molecule has 0 aliphatic carbocycles. The molecule has 0 amide bonds. The van der Waals surface area contributed by atoms with Crippen molar-refractivity contribution >= 4 is 23.7 Å². The third kappa shape index (κ3) is 5.60. The number of carbonyl (C=O) groups excluding carboxylic acids is 2. The largest absolute Gasteiger partial charge is 0.485 e. The van der Waals surface area contributed by atoms with E-state index >= 15 is 0 Å². The first-order valence-electron chi connectivity index (χ1n) is 8.43. The van der Waals surface area contributed by atoms with Crippen LogP contribution < -0.4 is 4.74 Å². The number of rotatable bonds is 8. The molecule has 0 aliphatic heterocycles. The Balaban J connectivity index is 2.37. The number of aliphatic imine (C=N–C) groups is 1. The molecule has 0 heterocycles. The van der Waals surface area contributed by atoms with Crippen molar-refractivity contribution in [3.8, 4) is 5.75 Å². The molecular weight excluding hydrogens is 349 g/mol. The second kappa shape index (κ2) is 10.0. The minimum absolute atomic E-state index is 0.117. The van der Waals surface area contributed by atoms with Gasteiger partial charge in [-0.25, -0.2) is 9.18 Å². The molecule has 2 rings (SSSR count). The SMILES string of the molecule is CC=N/C(=C(\C(=O)COc1ccc(F)cc1)C(=O)OCC)c1ccccc1. The molecule has 140 valence electrons. The first-order chi connectivity index (χ1) is 13.1. The maximum atomic E-state index is 13.0. The highest BCUT2D eigenvalue weighted by atomic mass is 19.1. The first-order valence-corrected chi connectivity index (χ1v) is 8.43. The molecule has 27 heavy (non-hydrogen) atoms. The van der Waals surface area contributed by atoms with E-state index in [1.165, 1.54) is 30.5 Å². The molecular formula is C21H20FNO4. The zero-order chi connectivity index (χ0) is 19.6. The molecule has 0 unspecified atom stereocenters. The van der Waals surface area contributed by atoms with Gasteiger partial charge in [0.2, 0.25) is 5.78 Å². The number of ketones is 1. The lowest BCUT2D eigenvalue weighted by Gasteiger charge is -2.12. The molecule has 5 nitrogen and oxygen atoms in total. The lowest BCUT2D eigenvalue weighted by atomic mass is 10.0. The summed E-state index contributed by atoms with van der Waals surface area (Å²) in [4.78, 5) is 29.4. The quantitative estimate of drug-likeness (QED) is 0.233. The highest BCUT2D eigenvalue weighted by Gasteiger charge is 2.25. The molecule has 2 aromatic carbocycles. The van der Waals surface area contributed by atoms with E-state index in [1.54, 1.807) is 38.1 Å². The van der Waals surface area contributed by atoms with Gasteiger partial charge in [-0.15, -0.1) is 0 Å². The molecule has 0 fully saturated rings. The van der Waals surface area contributed by atoms with Crippen LogP contribution in [-0.2, 0) is 14.3 Å². The summed E-state index contributed by atoms with van der Waals surface area (Å²) < 4.78 is 23.4. The average molecular weight is 369 g/mol. The van der Waals surface area contributed by atoms with Gasteiger partial charge in [0.05, 0.1) is 12.3 Å². The van der Waals surface area contributed by atoms with Gasteiger partial charge in [0.25, 0.3) is 0 Å². The van der Waals surface area contributed by atoms with E-state index in [1.807, 2.05) is 6.07 Å². The van der Waals surface area contributed by atoms with E-state index in [4.69, 9.17) is 9.47 Å². The molecule has 0 bridgehead atoms. The van der Waals surface area contributed by atoms with Gasteiger partial charge in [0, 0.05) is 11.8 Å². The van der Waals surface area contributed by atoms with Crippen LogP contribution in [0, 0.1) is 5.82 Å². The third-order valence-corrected chi connectivity index (χ3v) is 3.48. The number of benzene rings is 2. The summed E-state index contributed by atoms with van der Waals surface area (Å²) in [6, 6.07) is 14.1. The average Bonchev–Trinajstić information content (AvgIpc) is 2.68. The predicted octanol–water partition coefficient (Wildman–Crippen LogP) is 3.84. The summed E-state index contributed by atoms with van der Waals surface area (Å²) in [5, 5.41) is 0. The van der Waals surface area contributed by atoms with Crippen LogP contribution in [0.2, 0.25) is 0 Å². The summed E-state index contributed by atoms with van der Waals surface area (Å²) in [6.45, 7) is 3.05. The van der Waals surface area contributed by atoms with Crippen molar-refractivity contribution in [1.82, 2.24) is 0 Å². The van der Waals surface area contributed by atoms with Gasteiger partial charge in [-0.05, 0) is 38.1 Å². The van der Waals surface area contributed by atoms with Gasteiger partial charge in [-0.3, -0.25) is 9.79 Å². The zero-order valence-corrected chi connectivity index (χ0v) is 15.1. The van der Waals surface area contributed by atoms with Crippen molar-refractivity contribution in [2.45, 2.75) is 13.8 Å². The van der Waals surface area contributed by atoms with Crippen molar-refractivity contribution in [2.24, 2.45) is 4.99 Å². The number of hydrogen-bond acceptors (Lipinski definition) is 5. The number of esters is 1. The molecule has 0 N–H and O–H groups in total. The zero-order valence-electron chi connectivity index (χ0n) is 15.1. The maximum Gasteiger partial charge on any atom is 0.344 e. The second-order valence-corrected chi connectivity index (χ2v) is 5.36. The molecule has 0 aromatic heterocycles. The lowest BCUT2D eigenvalue weighted by Crippen LogP contribution is -2.23. The molecule has 6 heteroatoms. The number of hydrogen-bond donors (Lipinski definition) is 0. The molecule has 0 spiro atoms. The number of Topliss-reactive ketones (excluding diaryl/α,β-unsaturated/α-hetero) is 1. The summed E-state index contributed by atoms with van der Waals surface area (Å²) >= 11 is 0. The van der Waals surface area contributed by atoms with Gasteiger partial charge >= 0.3 is 5.97 Å². The van der Waals surface area contributed by atoms with E-state index in [2.05, 4.69) is 4.99 Å². The Bertz CT molecular complexity index is 842. The van der Waals surface area contributed by atoms with Crippen LogP contribution >= 0.6 is 0 Å². The fraction of sp³-hybridized carbons (Fsp3) is 0.190. The maximum absolute atomic E-state index is 13.0. The van der Waals surface area contributed by atoms with Crippen LogP contribution in [0.3, 0.4) is 0 Å². The number of nitrogens with zero attached hydrogens (tertiary/aromatic N) is 1. The van der Waals surface area contributed by atoms with Crippen molar-refractivity contribution in [3.05, 3.63) is 71.6 Å². The van der Waals surface area contributed by atoms with E-state index in [0.717, 1.165) is 0 Å². The molecule has 0 aliphatic rings. The van der Waals surface area contributed by atoms with Crippen LogP contribution in [0.1, 0.15) is 19.4 Å². The van der Waals surface area contributed by atoms with Crippen molar-refractivity contribution in [2.75, 3.05) is 13.2 Å². The fourth-order valence-corrected chi connectivity index (χ4v) is 2.31. The van der Waals surface area contributed by atoms with Gasteiger partial charge in [-0.2, -0.15) is 0 Å². The third-order valence-electron chi connectivity index (χ3n) is 3.48. The Morgan fingerprint density at radius 2 is 1.74 bits per heavy atom. The first kappa shape index (κ1) is 20.0. The molecule has 0 saturated carbocycles. The summed E-state index contributed by atoms with van der Waals surface area (Å²) in [7, 11) is 0. The molecule has 2 aromatic rings.